The fraction of sp³-hybridized carbons (Fsp3) is 0.133. The van der Waals surface area contributed by atoms with Crippen molar-refractivity contribution in [3.63, 3.8) is 0 Å². The third-order valence-electron chi connectivity index (χ3n) is 3.54. The number of hydrogen-bond donors (Lipinski definition) is 3. The van der Waals surface area contributed by atoms with Crippen molar-refractivity contribution in [2.24, 2.45) is 0 Å². The number of benzene rings is 2. The van der Waals surface area contributed by atoms with E-state index in [1.54, 1.807) is 24.3 Å². The Morgan fingerprint density at radius 2 is 1.90 bits per heavy atom. The van der Waals surface area contributed by atoms with Crippen LogP contribution in [0.2, 0.25) is 5.02 Å². The fourth-order valence-corrected chi connectivity index (χ4v) is 2.47. The lowest BCUT2D eigenvalue weighted by Gasteiger charge is -2.18. The molecule has 0 fully saturated rings. The molecule has 1 atom stereocenters. The van der Waals surface area contributed by atoms with Gasteiger partial charge < -0.3 is 15.2 Å². The van der Waals surface area contributed by atoms with Gasteiger partial charge in [-0.3, -0.25) is 0 Å². The Balaban J connectivity index is 2.27. The number of carboxylic acid groups (broad SMARTS) is 1. The second-order valence-corrected chi connectivity index (χ2v) is 5.39. The van der Waals surface area contributed by atoms with Gasteiger partial charge in [0, 0.05) is 26.8 Å². The molecule has 0 saturated carbocycles. The van der Waals surface area contributed by atoms with Crippen LogP contribution in [0.1, 0.15) is 12.5 Å². The molecule has 20 heavy (non-hydrogen) atoms. The van der Waals surface area contributed by atoms with Crippen molar-refractivity contribution in [2.75, 3.05) is 0 Å². The van der Waals surface area contributed by atoms with Crippen molar-refractivity contribution in [1.29, 1.82) is 0 Å². The molecule has 0 aliphatic rings. The van der Waals surface area contributed by atoms with Crippen molar-refractivity contribution in [3.05, 3.63) is 47.0 Å². The zero-order chi connectivity index (χ0) is 14.5. The highest BCUT2D eigenvalue weighted by molar-refractivity contribution is 6.31. The van der Waals surface area contributed by atoms with Crippen LogP contribution in [0.3, 0.4) is 0 Å². The second kappa shape index (κ2) is 4.23. The van der Waals surface area contributed by atoms with Crippen LogP contribution < -0.4 is 0 Å². The SMILES string of the molecule is C[C@](O)(C(=O)O)c1ccc2c(c1)[nH]c1ccc(Cl)cc12. The van der Waals surface area contributed by atoms with Gasteiger partial charge in [0.1, 0.15) is 0 Å². The van der Waals surface area contributed by atoms with E-state index in [1.165, 1.54) is 6.92 Å². The summed E-state index contributed by atoms with van der Waals surface area (Å²) < 4.78 is 0. The molecule has 0 unspecified atom stereocenters. The molecule has 0 bridgehead atoms. The van der Waals surface area contributed by atoms with E-state index in [0.29, 0.717) is 10.6 Å². The van der Waals surface area contributed by atoms with Crippen LogP contribution in [0.25, 0.3) is 21.8 Å². The molecule has 0 amide bonds. The Bertz CT molecular complexity index is 836. The molecule has 102 valence electrons. The first-order chi connectivity index (χ1) is 9.39. The largest absolute Gasteiger partial charge is 0.479 e. The highest BCUT2D eigenvalue weighted by Crippen LogP contribution is 2.31. The van der Waals surface area contributed by atoms with Crippen molar-refractivity contribution >= 4 is 39.4 Å². The van der Waals surface area contributed by atoms with Gasteiger partial charge in [0.05, 0.1) is 0 Å². The van der Waals surface area contributed by atoms with Gasteiger partial charge in [-0.2, -0.15) is 0 Å². The van der Waals surface area contributed by atoms with Crippen LogP contribution in [-0.2, 0) is 10.4 Å². The number of rotatable bonds is 2. The topological polar surface area (TPSA) is 73.3 Å². The van der Waals surface area contributed by atoms with Gasteiger partial charge in [-0.05, 0) is 36.8 Å². The minimum Gasteiger partial charge on any atom is -0.479 e. The van der Waals surface area contributed by atoms with Gasteiger partial charge in [0.15, 0.2) is 5.60 Å². The molecular formula is C15H12ClNO3. The van der Waals surface area contributed by atoms with Gasteiger partial charge in [0.25, 0.3) is 0 Å². The number of hydrogen-bond acceptors (Lipinski definition) is 2. The molecule has 2 aromatic carbocycles. The zero-order valence-corrected chi connectivity index (χ0v) is 11.4. The maximum Gasteiger partial charge on any atom is 0.340 e. The summed E-state index contributed by atoms with van der Waals surface area (Å²) in [5, 5.41) is 21.6. The summed E-state index contributed by atoms with van der Waals surface area (Å²) in [7, 11) is 0. The fourth-order valence-electron chi connectivity index (χ4n) is 2.30. The van der Waals surface area contributed by atoms with Crippen molar-refractivity contribution in [2.45, 2.75) is 12.5 Å². The number of fused-ring (bicyclic) bond motifs is 3. The lowest BCUT2D eigenvalue weighted by atomic mass is 9.95. The number of nitrogens with one attached hydrogen (secondary N) is 1. The summed E-state index contributed by atoms with van der Waals surface area (Å²) in [6.07, 6.45) is 0. The summed E-state index contributed by atoms with van der Waals surface area (Å²) in [6.45, 7) is 1.26. The smallest absolute Gasteiger partial charge is 0.340 e. The molecule has 5 heteroatoms. The number of carboxylic acids is 1. The van der Waals surface area contributed by atoms with Crippen LogP contribution in [0.15, 0.2) is 36.4 Å². The minimum atomic E-state index is -1.91. The van der Waals surface area contributed by atoms with Gasteiger partial charge >= 0.3 is 5.97 Å². The van der Waals surface area contributed by atoms with Gasteiger partial charge in [-0.1, -0.05) is 23.7 Å². The number of H-pyrrole nitrogens is 1. The predicted molar refractivity (Wildman–Crippen MR) is 78.0 cm³/mol. The lowest BCUT2D eigenvalue weighted by molar-refractivity contribution is -0.157. The quantitative estimate of drug-likeness (QED) is 0.678. The predicted octanol–water partition coefficient (Wildman–Crippen LogP) is 3.27. The molecule has 3 aromatic rings. The summed E-state index contributed by atoms with van der Waals surface area (Å²) in [5.41, 5.74) is 0.0938. The Morgan fingerprint density at radius 3 is 2.60 bits per heavy atom. The van der Waals surface area contributed by atoms with Gasteiger partial charge in [-0.15, -0.1) is 0 Å². The van der Waals surface area contributed by atoms with Crippen LogP contribution in [-0.4, -0.2) is 21.2 Å². The molecule has 1 aromatic heterocycles. The number of halogens is 1. The molecule has 3 N–H and O–H groups in total. The monoisotopic (exact) mass is 289 g/mol. The normalized spacial score (nSPS) is 14.6. The molecule has 0 aliphatic heterocycles. The average molecular weight is 290 g/mol. The van der Waals surface area contributed by atoms with E-state index in [4.69, 9.17) is 16.7 Å². The number of aliphatic carboxylic acids is 1. The number of aliphatic hydroxyl groups is 1. The van der Waals surface area contributed by atoms with Gasteiger partial charge in [0.2, 0.25) is 0 Å². The first-order valence-electron chi connectivity index (χ1n) is 6.07. The van der Waals surface area contributed by atoms with E-state index in [0.717, 1.165) is 21.8 Å². The van der Waals surface area contributed by atoms with Crippen LogP contribution in [0.5, 0.6) is 0 Å². The maximum absolute atomic E-state index is 11.1. The van der Waals surface area contributed by atoms with E-state index < -0.39 is 11.6 Å². The van der Waals surface area contributed by atoms with E-state index in [9.17, 15) is 9.90 Å². The van der Waals surface area contributed by atoms with E-state index in [1.807, 2.05) is 12.1 Å². The summed E-state index contributed by atoms with van der Waals surface area (Å²) >= 11 is 5.99. The minimum absolute atomic E-state index is 0.329. The summed E-state index contributed by atoms with van der Waals surface area (Å²) in [5.74, 6) is -1.28. The summed E-state index contributed by atoms with van der Waals surface area (Å²) in [4.78, 5) is 14.3. The first kappa shape index (κ1) is 13.0. The van der Waals surface area contributed by atoms with E-state index >= 15 is 0 Å². The molecular weight excluding hydrogens is 278 g/mol. The number of carbonyl (C=O) groups is 1. The first-order valence-corrected chi connectivity index (χ1v) is 6.44. The Morgan fingerprint density at radius 1 is 1.15 bits per heavy atom. The standard InChI is InChI=1S/C15H12ClNO3/c1-15(20,14(18)19)8-2-4-10-11-7-9(16)3-5-12(11)17-13(10)6-8/h2-7,17,20H,1H3,(H,18,19)/t15-/m1/s1. The molecule has 1 heterocycles. The maximum atomic E-state index is 11.1. The van der Waals surface area contributed by atoms with E-state index in [2.05, 4.69) is 4.98 Å². The van der Waals surface area contributed by atoms with Crippen LogP contribution in [0, 0.1) is 0 Å². The average Bonchev–Trinajstić information content (AvgIpc) is 2.75. The molecule has 0 aliphatic carbocycles. The second-order valence-electron chi connectivity index (χ2n) is 4.95. The number of aromatic amines is 1. The Kier molecular flexibility index (Phi) is 2.74. The van der Waals surface area contributed by atoms with Gasteiger partial charge in [-0.25, -0.2) is 4.79 Å². The third kappa shape index (κ3) is 1.85. The molecule has 3 rings (SSSR count). The van der Waals surface area contributed by atoms with Crippen molar-refractivity contribution in [3.8, 4) is 0 Å². The molecule has 4 nitrogen and oxygen atoms in total. The summed E-state index contributed by atoms with van der Waals surface area (Å²) in [6, 6.07) is 10.6. The highest BCUT2D eigenvalue weighted by Gasteiger charge is 2.32. The van der Waals surface area contributed by atoms with Crippen molar-refractivity contribution in [1.82, 2.24) is 4.98 Å². The third-order valence-corrected chi connectivity index (χ3v) is 3.77. The Labute approximate surface area is 119 Å². The van der Waals surface area contributed by atoms with E-state index in [-0.39, 0.29) is 0 Å². The van der Waals surface area contributed by atoms with Crippen LogP contribution in [0.4, 0.5) is 0 Å². The zero-order valence-electron chi connectivity index (χ0n) is 10.6. The molecule has 0 saturated heterocycles. The van der Waals surface area contributed by atoms with Crippen LogP contribution >= 0.6 is 11.6 Å². The molecule has 0 radical (unpaired) electrons. The lowest BCUT2D eigenvalue weighted by Crippen LogP contribution is -2.31. The highest BCUT2D eigenvalue weighted by atomic mass is 35.5. The number of aromatic nitrogens is 1. The van der Waals surface area contributed by atoms with Crippen molar-refractivity contribution < 1.29 is 15.0 Å². The molecule has 0 spiro atoms. The Hall–Kier alpha value is -2.04.